The van der Waals surface area contributed by atoms with E-state index in [0.717, 1.165) is 5.56 Å². The summed E-state index contributed by atoms with van der Waals surface area (Å²) in [7, 11) is 0. The molecule has 2 atom stereocenters. The SMILES string of the molecule is NC(Cc1ccc(O)cc1)C(=O)NC(CO)C(=O)O. The number of aliphatic carboxylic acids is 1. The van der Waals surface area contributed by atoms with Gasteiger partial charge < -0.3 is 26.4 Å². The Labute approximate surface area is 109 Å². The summed E-state index contributed by atoms with van der Waals surface area (Å²) in [5.41, 5.74) is 6.37. The summed E-state index contributed by atoms with van der Waals surface area (Å²) in [5.74, 6) is -1.88. The van der Waals surface area contributed by atoms with E-state index in [-0.39, 0.29) is 12.2 Å². The maximum Gasteiger partial charge on any atom is 0.328 e. The molecule has 0 aromatic heterocycles. The van der Waals surface area contributed by atoms with Gasteiger partial charge in [-0.25, -0.2) is 4.79 Å². The van der Waals surface area contributed by atoms with Gasteiger partial charge in [0.15, 0.2) is 0 Å². The van der Waals surface area contributed by atoms with Crippen molar-refractivity contribution in [3.63, 3.8) is 0 Å². The third kappa shape index (κ3) is 4.57. The van der Waals surface area contributed by atoms with Crippen molar-refractivity contribution < 1.29 is 24.9 Å². The smallest absolute Gasteiger partial charge is 0.328 e. The van der Waals surface area contributed by atoms with E-state index in [2.05, 4.69) is 5.32 Å². The average Bonchev–Trinajstić information content (AvgIpc) is 2.37. The Hall–Kier alpha value is -2.12. The Bertz CT molecular complexity index is 446. The number of carboxylic acid groups (broad SMARTS) is 1. The predicted octanol–water partition coefficient (Wildman–Crippen LogP) is -1.18. The second-order valence-corrected chi connectivity index (χ2v) is 4.06. The van der Waals surface area contributed by atoms with Crippen LogP contribution in [0.4, 0.5) is 0 Å². The van der Waals surface area contributed by atoms with Gasteiger partial charge in [-0.05, 0) is 24.1 Å². The molecule has 1 aromatic rings. The Balaban J connectivity index is 2.57. The van der Waals surface area contributed by atoms with E-state index in [1.165, 1.54) is 12.1 Å². The summed E-state index contributed by atoms with van der Waals surface area (Å²) >= 11 is 0. The molecule has 0 saturated carbocycles. The number of phenolic OH excluding ortho intramolecular Hbond substituents is 1. The fourth-order valence-electron chi connectivity index (χ4n) is 1.44. The number of nitrogens with two attached hydrogens (primary N) is 1. The number of aromatic hydroxyl groups is 1. The van der Waals surface area contributed by atoms with Crippen LogP contribution in [0.5, 0.6) is 5.75 Å². The van der Waals surface area contributed by atoms with Crippen LogP contribution in [0.15, 0.2) is 24.3 Å². The van der Waals surface area contributed by atoms with Gasteiger partial charge in [-0.1, -0.05) is 12.1 Å². The van der Waals surface area contributed by atoms with Gasteiger partial charge in [0.25, 0.3) is 0 Å². The van der Waals surface area contributed by atoms with Gasteiger partial charge in [-0.3, -0.25) is 4.79 Å². The number of benzene rings is 1. The lowest BCUT2D eigenvalue weighted by atomic mass is 10.1. The minimum atomic E-state index is -1.36. The molecular formula is C12H16N2O5. The number of hydrogen-bond donors (Lipinski definition) is 5. The van der Waals surface area contributed by atoms with Crippen molar-refractivity contribution in [1.29, 1.82) is 0 Å². The molecule has 2 unspecified atom stereocenters. The first kappa shape index (κ1) is 14.9. The molecule has 0 spiro atoms. The maximum atomic E-state index is 11.6. The number of carbonyl (C=O) groups excluding carboxylic acids is 1. The number of hydrogen-bond acceptors (Lipinski definition) is 5. The molecule has 0 radical (unpaired) electrons. The first-order chi connectivity index (χ1) is 8.93. The topological polar surface area (TPSA) is 133 Å². The van der Waals surface area contributed by atoms with Crippen LogP contribution < -0.4 is 11.1 Å². The lowest BCUT2D eigenvalue weighted by Crippen LogP contribution is -2.50. The molecule has 0 heterocycles. The van der Waals surface area contributed by atoms with E-state index >= 15 is 0 Å². The number of nitrogens with one attached hydrogen (secondary N) is 1. The van der Waals surface area contributed by atoms with Gasteiger partial charge in [-0.15, -0.1) is 0 Å². The van der Waals surface area contributed by atoms with E-state index in [9.17, 15) is 9.59 Å². The van der Waals surface area contributed by atoms with Gasteiger partial charge in [-0.2, -0.15) is 0 Å². The zero-order chi connectivity index (χ0) is 14.4. The number of carbonyl (C=O) groups is 2. The molecule has 0 aliphatic heterocycles. The van der Waals surface area contributed by atoms with E-state index in [4.69, 9.17) is 21.1 Å². The predicted molar refractivity (Wildman–Crippen MR) is 66.4 cm³/mol. The van der Waals surface area contributed by atoms with Gasteiger partial charge in [0.1, 0.15) is 11.8 Å². The lowest BCUT2D eigenvalue weighted by Gasteiger charge is -2.16. The van der Waals surface area contributed by atoms with Crippen LogP contribution in [0.1, 0.15) is 5.56 Å². The summed E-state index contributed by atoms with van der Waals surface area (Å²) in [6.07, 6.45) is 0.198. The molecule has 1 rings (SSSR count). The molecule has 1 aromatic carbocycles. The van der Waals surface area contributed by atoms with Crippen LogP contribution in [0.2, 0.25) is 0 Å². The van der Waals surface area contributed by atoms with E-state index in [1.54, 1.807) is 12.1 Å². The minimum Gasteiger partial charge on any atom is -0.508 e. The number of rotatable bonds is 6. The number of carboxylic acids is 1. The second-order valence-electron chi connectivity index (χ2n) is 4.06. The molecule has 0 bridgehead atoms. The van der Waals surface area contributed by atoms with Crippen molar-refractivity contribution in [3.05, 3.63) is 29.8 Å². The largest absolute Gasteiger partial charge is 0.508 e. The highest BCUT2D eigenvalue weighted by molar-refractivity contribution is 5.87. The quantitative estimate of drug-likeness (QED) is 0.441. The molecule has 1 amide bonds. The van der Waals surface area contributed by atoms with Gasteiger partial charge in [0.2, 0.25) is 5.91 Å². The van der Waals surface area contributed by atoms with Crippen molar-refractivity contribution in [1.82, 2.24) is 5.32 Å². The van der Waals surface area contributed by atoms with Gasteiger partial charge in [0, 0.05) is 0 Å². The number of phenols is 1. The lowest BCUT2D eigenvalue weighted by molar-refractivity contribution is -0.143. The Morgan fingerprint density at radius 1 is 1.26 bits per heavy atom. The van der Waals surface area contributed by atoms with Crippen LogP contribution in [-0.2, 0) is 16.0 Å². The fraction of sp³-hybridized carbons (Fsp3) is 0.333. The van der Waals surface area contributed by atoms with Crippen molar-refractivity contribution in [2.24, 2.45) is 5.73 Å². The molecule has 0 fully saturated rings. The van der Waals surface area contributed by atoms with Crippen LogP contribution in [0, 0.1) is 0 Å². The summed E-state index contributed by atoms with van der Waals surface area (Å²) in [6, 6.07) is 3.87. The van der Waals surface area contributed by atoms with Crippen molar-refractivity contribution in [2.45, 2.75) is 18.5 Å². The normalized spacial score (nSPS) is 13.6. The molecule has 7 heteroatoms. The summed E-state index contributed by atoms with van der Waals surface area (Å²) in [4.78, 5) is 22.3. The first-order valence-electron chi connectivity index (χ1n) is 5.61. The Morgan fingerprint density at radius 2 is 1.84 bits per heavy atom. The average molecular weight is 268 g/mol. The Kier molecular flexibility index (Phi) is 5.28. The number of aliphatic hydroxyl groups excluding tert-OH is 1. The molecule has 6 N–H and O–H groups in total. The Morgan fingerprint density at radius 3 is 2.32 bits per heavy atom. The zero-order valence-corrected chi connectivity index (χ0v) is 10.1. The highest BCUT2D eigenvalue weighted by atomic mass is 16.4. The zero-order valence-electron chi connectivity index (χ0n) is 10.1. The number of aliphatic hydroxyl groups is 1. The van der Waals surface area contributed by atoms with E-state index in [0.29, 0.717) is 0 Å². The molecule has 7 nitrogen and oxygen atoms in total. The van der Waals surface area contributed by atoms with Crippen molar-refractivity contribution in [2.75, 3.05) is 6.61 Å². The maximum absolute atomic E-state index is 11.6. The fourth-order valence-corrected chi connectivity index (χ4v) is 1.44. The molecular weight excluding hydrogens is 252 g/mol. The summed E-state index contributed by atoms with van der Waals surface area (Å²) < 4.78 is 0. The van der Waals surface area contributed by atoms with E-state index in [1.807, 2.05) is 0 Å². The monoisotopic (exact) mass is 268 g/mol. The van der Waals surface area contributed by atoms with E-state index < -0.39 is 30.6 Å². The highest BCUT2D eigenvalue weighted by Crippen LogP contribution is 2.10. The van der Waals surface area contributed by atoms with Crippen molar-refractivity contribution >= 4 is 11.9 Å². The van der Waals surface area contributed by atoms with Crippen LogP contribution in [0.25, 0.3) is 0 Å². The molecule has 0 aliphatic rings. The van der Waals surface area contributed by atoms with Gasteiger partial charge in [0.05, 0.1) is 12.6 Å². The standard InChI is InChI=1S/C12H16N2O5/c13-9(5-7-1-3-8(16)4-2-7)11(17)14-10(6-15)12(18)19/h1-4,9-10,15-16H,5-6,13H2,(H,14,17)(H,18,19). The summed E-state index contributed by atoms with van der Waals surface area (Å²) in [5, 5.41) is 28.7. The van der Waals surface area contributed by atoms with Crippen LogP contribution >= 0.6 is 0 Å². The molecule has 19 heavy (non-hydrogen) atoms. The third-order valence-corrected chi connectivity index (χ3v) is 2.53. The highest BCUT2D eigenvalue weighted by Gasteiger charge is 2.22. The van der Waals surface area contributed by atoms with Crippen LogP contribution in [0.3, 0.4) is 0 Å². The number of amides is 1. The first-order valence-corrected chi connectivity index (χ1v) is 5.61. The summed E-state index contributed by atoms with van der Waals surface area (Å²) in [6.45, 7) is -0.701. The molecule has 0 saturated heterocycles. The molecule has 104 valence electrons. The third-order valence-electron chi connectivity index (χ3n) is 2.53. The van der Waals surface area contributed by atoms with Crippen molar-refractivity contribution in [3.8, 4) is 5.75 Å². The minimum absolute atomic E-state index is 0.105. The second kappa shape index (κ2) is 6.72. The van der Waals surface area contributed by atoms with Gasteiger partial charge >= 0.3 is 5.97 Å². The molecule has 0 aliphatic carbocycles. The van der Waals surface area contributed by atoms with Crippen LogP contribution in [-0.4, -0.2) is 45.9 Å².